The van der Waals surface area contributed by atoms with Crippen LogP contribution in [0.5, 0.6) is 5.75 Å². The Labute approximate surface area is 108 Å². The van der Waals surface area contributed by atoms with E-state index in [1.54, 1.807) is 7.11 Å². The zero-order chi connectivity index (χ0) is 12.4. The van der Waals surface area contributed by atoms with Crippen LogP contribution in [-0.2, 0) is 6.54 Å². The number of hydrogen-bond acceptors (Lipinski definition) is 3. The van der Waals surface area contributed by atoms with Crippen molar-refractivity contribution < 1.29 is 4.74 Å². The topological polar surface area (TPSA) is 38.5 Å². The third-order valence-electron chi connectivity index (χ3n) is 3.15. The van der Waals surface area contributed by atoms with Crippen LogP contribution in [0.15, 0.2) is 18.2 Å². The van der Waals surface area contributed by atoms with Crippen LogP contribution >= 0.6 is 12.2 Å². The zero-order valence-electron chi connectivity index (χ0n) is 10.3. The highest BCUT2D eigenvalue weighted by molar-refractivity contribution is 7.80. The van der Waals surface area contributed by atoms with Gasteiger partial charge >= 0.3 is 0 Å². The molecule has 0 saturated heterocycles. The van der Waals surface area contributed by atoms with Crippen LogP contribution in [0.2, 0.25) is 0 Å². The maximum atomic E-state index is 5.65. The first kappa shape index (κ1) is 12.3. The molecule has 92 valence electrons. The quantitative estimate of drug-likeness (QED) is 0.810. The minimum atomic E-state index is 0.433. The van der Waals surface area contributed by atoms with Gasteiger partial charge in [-0.1, -0.05) is 12.2 Å². The second-order valence-corrected chi connectivity index (χ2v) is 4.98. The number of thiocarbonyl (C=S) groups is 1. The summed E-state index contributed by atoms with van der Waals surface area (Å²) in [5.74, 6) is 0.900. The minimum Gasteiger partial charge on any atom is -0.496 e. The van der Waals surface area contributed by atoms with Crippen molar-refractivity contribution in [1.29, 1.82) is 0 Å². The van der Waals surface area contributed by atoms with Gasteiger partial charge in [-0.25, -0.2) is 0 Å². The van der Waals surface area contributed by atoms with Gasteiger partial charge in [0, 0.05) is 23.7 Å². The zero-order valence-corrected chi connectivity index (χ0v) is 11.1. The molecule has 2 N–H and O–H groups in total. The number of ether oxygens (including phenoxy) is 1. The van der Waals surface area contributed by atoms with Crippen molar-refractivity contribution >= 4 is 17.2 Å². The average Bonchev–Trinajstić information content (AvgIpc) is 3.12. The Balaban J connectivity index is 2.21. The molecule has 0 radical (unpaired) electrons. The lowest BCUT2D eigenvalue weighted by Gasteiger charge is -2.18. The van der Waals surface area contributed by atoms with Crippen molar-refractivity contribution in [3.8, 4) is 5.75 Å². The first-order chi connectivity index (χ1) is 8.11. The lowest BCUT2D eigenvalue weighted by atomic mass is 10.1. The van der Waals surface area contributed by atoms with Crippen LogP contribution < -0.4 is 10.5 Å². The van der Waals surface area contributed by atoms with E-state index in [1.165, 1.54) is 12.8 Å². The first-order valence-electron chi connectivity index (χ1n) is 5.78. The summed E-state index contributed by atoms with van der Waals surface area (Å²) in [4.78, 5) is 2.78. The van der Waals surface area contributed by atoms with Gasteiger partial charge in [-0.2, -0.15) is 0 Å². The first-order valence-corrected chi connectivity index (χ1v) is 6.19. The summed E-state index contributed by atoms with van der Waals surface area (Å²) in [6.07, 6.45) is 2.60. The van der Waals surface area contributed by atoms with Gasteiger partial charge in [0.05, 0.1) is 7.11 Å². The second-order valence-electron chi connectivity index (χ2n) is 4.54. The largest absolute Gasteiger partial charge is 0.496 e. The Kier molecular flexibility index (Phi) is 3.64. The number of hydrogen-bond donors (Lipinski definition) is 1. The van der Waals surface area contributed by atoms with Crippen LogP contribution in [0, 0.1) is 0 Å². The van der Waals surface area contributed by atoms with Gasteiger partial charge in [0.15, 0.2) is 0 Å². The highest BCUT2D eigenvalue weighted by atomic mass is 32.1. The molecular weight excluding hydrogens is 232 g/mol. The van der Waals surface area contributed by atoms with E-state index in [2.05, 4.69) is 11.9 Å². The molecule has 4 heteroatoms. The van der Waals surface area contributed by atoms with E-state index in [1.807, 2.05) is 18.2 Å². The number of benzene rings is 1. The summed E-state index contributed by atoms with van der Waals surface area (Å²) in [5.41, 5.74) is 7.70. The summed E-state index contributed by atoms with van der Waals surface area (Å²) >= 11 is 5.00. The molecule has 0 amide bonds. The molecule has 1 aliphatic carbocycles. The number of methoxy groups -OCH3 is 1. The van der Waals surface area contributed by atoms with Crippen molar-refractivity contribution in [2.24, 2.45) is 5.73 Å². The van der Waals surface area contributed by atoms with E-state index >= 15 is 0 Å². The Morgan fingerprint density at radius 2 is 2.24 bits per heavy atom. The summed E-state index contributed by atoms with van der Waals surface area (Å²) in [5, 5.41) is 0. The van der Waals surface area contributed by atoms with E-state index < -0.39 is 0 Å². The van der Waals surface area contributed by atoms with Crippen molar-refractivity contribution in [1.82, 2.24) is 4.90 Å². The molecule has 1 saturated carbocycles. The van der Waals surface area contributed by atoms with Gasteiger partial charge in [0.1, 0.15) is 10.7 Å². The average molecular weight is 250 g/mol. The molecule has 0 bridgehead atoms. The maximum absolute atomic E-state index is 5.65. The van der Waals surface area contributed by atoms with Crippen molar-refractivity contribution in [3.05, 3.63) is 29.3 Å². The fourth-order valence-electron chi connectivity index (χ4n) is 1.97. The monoisotopic (exact) mass is 250 g/mol. The van der Waals surface area contributed by atoms with Crippen LogP contribution in [0.1, 0.15) is 24.0 Å². The lowest BCUT2D eigenvalue weighted by Crippen LogP contribution is -2.21. The summed E-state index contributed by atoms with van der Waals surface area (Å²) < 4.78 is 5.37. The van der Waals surface area contributed by atoms with Crippen molar-refractivity contribution in [2.45, 2.75) is 25.4 Å². The van der Waals surface area contributed by atoms with Gasteiger partial charge < -0.3 is 10.5 Å². The van der Waals surface area contributed by atoms with Gasteiger partial charge in [0.2, 0.25) is 0 Å². The Morgan fingerprint density at radius 3 is 2.76 bits per heavy atom. The van der Waals surface area contributed by atoms with E-state index in [0.29, 0.717) is 4.99 Å². The SMILES string of the molecule is COc1ccc(C(N)=S)cc1CN(C)C1CC1. The molecule has 0 unspecified atom stereocenters. The molecule has 1 fully saturated rings. The maximum Gasteiger partial charge on any atom is 0.123 e. The fraction of sp³-hybridized carbons (Fsp3) is 0.462. The Bertz CT molecular complexity index is 429. The van der Waals surface area contributed by atoms with Crippen molar-refractivity contribution in [2.75, 3.05) is 14.2 Å². The molecule has 1 aromatic carbocycles. The highest BCUT2D eigenvalue weighted by Crippen LogP contribution is 2.29. The van der Waals surface area contributed by atoms with E-state index in [4.69, 9.17) is 22.7 Å². The smallest absolute Gasteiger partial charge is 0.123 e. The number of nitrogens with zero attached hydrogens (tertiary/aromatic N) is 1. The van der Waals surface area contributed by atoms with E-state index in [9.17, 15) is 0 Å². The summed E-state index contributed by atoms with van der Waals surface area (Å²) in [6.45, 7) is 0.879. The Morgan fingerprint density at radius 1 is 1.53 bits per heavy atom. The summed E-state index contributed by atoms with van der Waals surface area (Å²) in [6, 6.07) is 6.60. The molecule has 0 aliphatic heterocycles. The van der Waals surface area contributed by atoms with Gasteiger partial charge in [0.25, 0.3) is 0 Å². The normalized spacial score (nSPS) is 15.0. The summed E-state index contributed by atoms with van der Waals surface area (Å²) in [7, 11) is 3.83. The van der Waals surface area contributed by atoms with Crippen LogP contribution in [0.4, 0.5) is 0 Å². The number of rotatable bonds is 5. The lowest BCUT2D eigenvalue weighted by molar-refractivity contribution is 0.308. The fourth-order valence-corrected chi connectivity index (χ4v) is 2.10. The molecule has 1 aromatic rings. The van der Waals surface area contributed by atoms with Crippen LogP contribution in [0.25, 0.3) is 0 Å². The molecule has 0 heterocycles. The molecular formula is C13H18N2OS. The Hall–Kier alpha value is -1.13. The predicted molar refractivity (Wildman–Crippen MR) is 73.4 cm³/mol. The van der Waals surface area contributed by atoms with Crippen molar-refractivity contribution in [3.63, 3.8) is 0 Å². The third-order valence-corrected chi connectivity index (χ3v) is 3.39. The molecule has 17 heavy (non-hydrogen) atoms. The van der Waals surface area contributed by atoms with Crippen LogP contribution in [-0.4, -0.2) is 30.1 Å². The second kappa shape index (κ2) is 5.02. The van der Waals surface area contributed by atoms with Gasteiger partial charge in [-0.3, -0.25) is 4.90 Å². The highest BCUT2D eigenvalue weighted by Gasteiger charge is 2.26. The van der Waals surface area contributed by atoms with Crippen LogP contribution in [0.3, 0.4) is 0 Å². The molecule has 0 aromatic heterocycles. The minimum absolute atomic E-state index is 0.433. The molecule has 0 atom stereocenters. The predicted octanol–water partition coefficient (Wildman–Crippen LogP) is 1.92. The third kappa shape index (κ3) is 2.96. The molecule has 3 nitrogen and oxygen atoms in total. The molecule has 0 spiro atoms. The molecule has 2 rings (SSSR count). The van der Waals surface area contributed by atoms with Gasteiger partial charge in [-0.05, 0) is 38.1 Å². The standard InChI is InChI=1S/C13H18N2OS/c1-15(11-4-5-11)8-10-7-9(13(14)17)3-6-12(10)16-2/h3,6-7,11H,4-5,8H2,1-2H3,(H2,14,17). The molecule has 1 aliphatic rings. The van der Waals surface area contributed by atoms with E-state index in [-0.39, 0.29) is 0 Å². The number of nitrogens with two attached hydrogens (primary N) is 1. The van der Waals surface area contributed by atoms with E-state index in [0.717, 1.165) is 29.5 Å². The van der Waals surface area contributed by atoms with Gasteiger partial charge in [-0.15, -0.1) is 0 Å².